The summed E-state index contributed by atoms with van der Waals surface area (Å²) in [4.78, 5) is 16.7. The van der Waals surface area contributed by atoms with Crippen LogP contribution in [0.3, 0.4) is 0 Å². The van der Waals surface area contributed by atoms with Crippen LogP contribution in [0.1, 0.15) is 28.0 Å². The van der Waals surface area contributed by atoms with Gasteiger partial charge >= 0.3 is 0 Å². The average molecular weight is 330 g/mol. The van der Waals surface area contributed by atoms with E-state index in [-0.39, 0.29) is 18.0 Å². The van der Waals surface area contributed by atoms with Gasteiger partial charge in [-0.15, -0.1) is 0 Å². The maximum Gasteiger partial charge on any atom is 0.254 e. The number of pyridine rings is 1. The molecule has 1 aromatic heterocycles. The quantitative estimate of drug-likeness (QED) is 0.486. The first-order valence-electron chi connectivity index (χ1n) is 7.94. The van der Waals surface area contributed by atoms with Crippen LogP contribution < -0.4 is 21.7 Å². The van der Waals surface area contributed by atoms with Crippen molar-refractivity contribution in [2.75, 3.05) is 25.6 Å². The van der Waals surface area contributed by atoms with Crippen LogP contribution in [0.2, 0.25) is 0 Å². The number of ether oxygens (including phenoxy) is 1. The van der Waals surface area contributed by atoms with E-state index >= 15 is 0 Å². The Hall–Kier alpha value is -2.45. The largest absolute Gasteiger partial charge is 0.393 e. The number of rotatable bonds is 5. The first-order valence-corrected chi connectivity index (χ1v) is 7.94. The normalized spacial score (nSPS) is 23.4. The molecule has 2 unspecified atom stereocenters. The Morgan fingerprint density at radius 1 is 1.58 bits per heavy atom. The molecule has 0 aromatic carbocycles. The smallest absolute Gasteiger partial charge is 0.254 e. The molecule has 1 saturated heterocycles. The Kier molecular flexibility index (Phi) is 4.77. The Balaban J connectivity index is 1.98. The van der Waals surface area contributed by atoms with E-state index in [2.05, 4.69) is 20.9 Å². The highest BCUT2D eigenvalue weighted by Gasteiger charge is 2.28. The summed E-state index contributed by atoms with van der Waals surface area (Å²) in [5.74, 6) is 0.497. The number of nitrogens with zero attached hydrogens (tertiary/aromatic N) is 1. The van der Waals surface area contributed by atoms with Gasteiger partial charge in [0.05, 0.1) is 17.9 Å². The van der Waals surface area contributed by atoms with Crippen molar-refractivity contribution in [1.82, 2.24) is 15.6 Å². The molecule has 3 rings (SSSR count). The fraction of sp³-hybridized carbons (Fsp3) is 0.438. The van der Waals surface area contributed by atoms with Crippen molar-refractivity contribution in [3.8, 4) is 0 Å². The number of carbonyl (C=O) groups is 1. The predicted molar refractivity (Wildman–Crippen MR) is 92.0 cm³/mol. The maximum atomic E-state index is 12.1. The molecule has 1 fully saturated rings. The van der Waals surface area contributed by atoms with Crippen LogP contribution in [0.5, 0.6) is 0 Å². The molecule has 3 heterocycles. The number of allylic oxidation sites excluding steroid dienone is 1. The molecule has 0 aliphatic carbocycles. The SMILES string of the molecule is CN/C=C(\C=N)c1nc(NC2CCOCC2N)cc2c1C(=O)NC2. The lowest BCUT2D eigenvalue weighted by molar-refractivity contribution is 0.0752. The standard InChI is InChI=1S/C16H22N6O2/c1-19-6-10(5-17)15-14-9(7-20-16(14)23)4-13(22-15)21-12-2-3-24-8-11(12)18/h4-6,11-12,17,19H,2-3,7-8,18H2,1H3,(H,20,23)(H,21,22)/b10-6+,17-5?. The zero-order chi connectivity index (χ0) is 17.1. The van der Waals surface area contributed by atoms with E-state index in [1.807, 2.05) is 6.07 Å². The highest BCUT2D eigenvalue weighted by molar-refractivity contribution is 6.13. The first-order chi connectivity index (χ1) is 11.6. The van der Waals surface area contributed by atoms with E-state index in [9.17, 15) is 4.79 Å². The van der Waals surface area contributed by atoms with Crippen molar-refractivity contribution >= 4 is 23.5 Å². The molecule has 128 valence electrons. The molecule has 8 heteroatoms. The third-order valence-corrected chi connectivity index (χ3v) is 4.23. The Bertz CT molecular complexity index is 687. The van der Waals surface area contributed by atoms with E-state index in [1.165, 1.54) is 6.21 Å². The number of hydrogen-bond acceptors (Lipinski definition) is 7. The second kappa shape index (κ2) is 6.98. The fourth-order valence-electron chi connectivity index (χ4n) is 3.00. The topological polar surface area (TPSA) is 125 Å². The summed E-state index contributed by atoms with van der Waals surface area (Å²) in [5, 5.41) is 16.7. The number of nitrogens with one attached hydrogen (secondary N) is 4. The van der Waals surface area contributed by atoms with Crippen LogP contribution in [0.15, 0.2) is 12.3 Å². The lowest BCUT2D eigenvalue weighted by atomic mass is 10.0. The number of fused-ring (bicyclic) bond motifs is 1. The van der Waals surface area contributed by atoms with Crippen LogP contribution in [-0.4, -0.2) is 49.5 Å². The molecule has 2 aliphatic rings. The lowest BCUT2D eigenvalue weighted by Crippen LogP contribution is -2.47. The molecule has 2 aliphatic heterocycles. The van der Waals surface area contributed by atoms with Gasteiger partial charge in [0.15, 0.2) is 0 Å². The summed E-state index contributed by atoms with van der Waals surface area (Å²) < 4.78 is 5.36. The van der Waals surface area contributed by atoms with E-state index in [0.29, 0.717) is 42.4 Å². The van der Waals surface area contributed by atoms with E-state index in [4.69, 9.17) is 15.9 Å². The molecule has 0 spiro atoms. The summed E-state index contributed by atoms with van der Waals surface area (Å²) in [6.07, 6.45) is 3.65. The monoisotopic (exact) mass is 330 g/mol. The number of nitrogens with two attached hydrogens (primary N) is 1. The minimum atomic E-state index is -0.161. The van der Waals surface area contributed by atoms with Crippen molar-refractivity contribution in [2.24, 2.45) is 5.73 Å². The fourth-order valence-corrected chi connectivity index (χ4v) is 3.00. The Morgan fingerprint density at radius 2 is 2.42 bits per heavy atom. The highest BCUT2D eigenvalue weighted by atomic mass is 16.5. The minimum Gasteiger partial charge on any atom is -0.393 e. The van der Waals surface area contributed by atoms with Crippen LogP contribution in [0.25, 0.3) is 5.57 Å². The second-order valence-electron chi connectivity index (χ2n) is 5.88. The molecule has 2 atom stereocenters. The average Bonchev–Trinajstić information content (AvgIpc) is 2.95. The van der Waals surface area contributed by atoms with E-state index in [0.717, 1.165) is 12.0 Å². The van der Waals surface area contributed by atoms with Gasteiger partial charge in [-0.2, -0.15) is 0 Å². The first kappa shape index (κ1) is 16.4. The highest BCUT2D eigenvalue weighted by Crippen LogP contribution is 2.27. The van der Waals surface area contributed by atoms with Crippen LogP contribution in [0, 0.1) is 5.41 Å². The number of aromatic nitrogens is 1. The molecule has 24 heavy (non-hydrogen) atoms. The molecule has 8 nitrogen and oxygen atoms in total. The molecular formula is C16H22N6O2. The number of amides is 1. The van der Waals surface area contributed by atoms with E-state index < -0.39 is 0 Å². The van der Waals surface area contributed by atoms with Crippen LogP contribution >= 0.6 is 0 Å². The molecular weight excluding hydrogens is 308 g/mol. The van der Waals surface area contributed by atoms with Crippen LogP contribution in [0.4, 0.5) is 5.82 Å². The molecule has 0 bridgehead atoms. The molecule has 6 N–H and O–H groups in total. The number of hydrogen-bond donors (Lipinski definition) is 5. The maximum absolute atomic E-state index is 12.1. The van der Waals surface area contributed by atoms with Crippen molar-refractivity contribution in [3.05, 3.63) is 29.1 Å². The zero-order valence-electron chi connectivity index (χ0n) is 13.6. The van der Waals surface area contributed by atoms with Gasteiger partial charge in [0.2, 0.25) is 0 Å². The van der Waals surface area contributed by atoms with Crippen LogP contribution in [-0.2, 0) is 11.3 Å². The van der Waals surface area contributed by atoms with Gasteiger partial charge < -0.3 is 31.8 Å². The van der Waals surface area contributed by atoms with Gasteiger partial charge in [-0.1, -0.05) is 0 Å². The number of carbonyl (C=O) groups excluding carboxylic acids is 1. The number of anilines is 1. The lowest BCUT2D eigenvalue weighted by Gasteiger charge is -2.30. The van der Waals surface area contributed by atoms with Crippen molar-refractivity contribution in [2.45, 2.75) is 25.0 Å². The van der Waals surface area contributed by atoms with Crippen molar-refractivity contribution in [3.63, 3.8) is 0 Å². The molecule has 1 aromatic rings. The molecule has 1 amide bonds. The Morgan fingerprint density at radius 3 is 3.12 bits per heavy atom. The summed E-state index contributed by atoms with van der Waals surface area (Å²) in [6, 6.07) is 1.84. The second-order valence-corrected chi connectivity index (χ2v) is 5.88. The zero-order valence-corrected chi connectivity index (χ0v) is 13.6. The third kappa shape index (κ3) is 3.10. The summed E-state index contributed by atoms with van der Waals surface area (Å²) in [7, 11) is 1.74. The van der Waals surface area contributed by atoms with Gasteiger partial charge in [0, 0.05) is 50.3 Å². The van der Waals surface area contributed by atoms with E-state index in [1.54, 1.807) is 13.2 Å². The molecule has 0 saturated carbocycles. The van der Waals surface area contributed by atoms with Gasteiger partial charge in [-0.05, 0) is 18.1 Å². The van der Waals surface area contributed by atoms with Gasteiger partial charge in [0.25, 0.3) is 5.91 Å². The summed E-state index contributed by atoms with van der Waals surface area (Å²) >= 11 is 0. The van der Waals surface area contributed by atoms with Crippen molar-refractivity contribution < 1.29 is 9.53 Å². The van der Waals surface area contributed by atoms with Gasteiger partial charge in [-0.3, -0.25) is 4.79 Å². The molecule has 0 radical (unpaired) electrons. The predicted octanol–water partition coefficient (Wildman–Crippen LogP) is 0.0630. The Labute approximate surface area is 140 Å². The van der Waals surface area contributed by atoms with Crippen molar-refractivity contribution in [1.29, 1.82) is 5.41 Å². The van der Waals surface area contributed by atoms with Gasteiger partial charge in [-0.25, -0.2) is 4.98 Å². The van der Waals surface area contributed by atoms with Gasteiger partial charge in [0.1, 0.15) is 5.82 Å². The third-order valence-electron chi connectivity index (χ3n) is 4.23. The minimum absolute atomic E-state index is 0.0684. The summed E-state index contributed by atoms with van der Waals surface area (Å²) in [5.41, 5.74) is 8.54. The summed E-state index contributed by atoms with van der Waals surface area (Å²) in [6.45, 7) is 1.64.